The number of nitrogens with one attached hydrogen (secondary N) is 1. The number of benzene rings is 1. The van der Waals surface area contributed by atoms with E-state index in [4.69, 9.17) is 0 Å². The van der Waals surface area contributed by atoms with Gasteiger partial charge in [0.25, 0.3) is 5.91 Å². The maximum Gasteiger partial charge on any atom is 0.272 e. The molecule has 0 radical (unpaired) electrons. The fraction of sp³-hybridized carbons (Fsp3) is 0.476. The predicted octanol–water partition coefficient (Wildman–Crippen LogP) is 4.52. The molecule has 0 atom stereocenters. The van der Waals surface area contributed by atoms with Crippen molar-refractivity contribution in [3.63, 3.8) is 0 Å². The molecule has 2 heterocycles. The second kappa shape index (κ2) is 7.85. The topological polar surface area (TPSA) is 58.1 Å². The minimum absolute atomic E-state index is 0.000561. The van der Waals surface area contributed by atoms with Crippen LogP contribution in [0.4, 0.5) is 11.6 Å². The van der Waals surface area contributed by atoms with Crippen LogP contribution < -0.4 is 5.32 Å². The maximum absolute atomic E-state index is 12.8. The Morgan fingerprint density at radius 3 is 2.42 bits per heavy atom. The van der Waals surface area contributed by atoms with Crippen molar-refractivity contribution in [2.75, 3.05) is 18.4 Å². The molecule has 0 spiro atoms. The van der Waals surface area contributed by atoms with Crippen molar-refractivity contribution in [1.82, 2.24) is 14.9 Å². The van der Waals surface area contributed by atoms with E-state index < -0.39 is 0 Å². The third-order valence-corrected chi connectivity index (χ3v) is 4.98. The van der Waals surface area contributed by atoms with E-state index in [9.17, 15) is 4.79 Å². The normalized spacial score (nSPS) is 15.3. The second-order valence-corrected chi connectivity index (χ2v) is 7.59. The molecule has 0 saturated carbocycles. The summed E-state index contributed by atoms with van der Waals surface area (Å²) in [6.45, 7) is 10.1. The Bertz CT molecular complexity index is 762. The number of anilines is 2. The number of aryl methyl sites for hydroxylation is 1. The molecule has 1 amide bonds. The van der Waals surface area contributed by atoms with E-state index in [0.29, 0.717) is 23.5 Å². The highest BCUT2D eigenvalue weighted by molar-refractivity contribution is 5.92. The van der Waals surface area contributed by atoms with Crippen molar-refractivity contribution in [2.24, 2.45) is 5.92 Å². The standard InChI is InChI=1S/C21H28N4O/c1-14(2)17-5-7-18(8-6-17)23-21-22-16(4)13-19(24-21)20(26)25-11-9-15(3)10-12-25/h5-8,13-15H,9-12H2,1-4H3,(H,22,23,24). The highest BCUT2D eigenvalue weighted by atomic mass is 16.2. The summed E-state index contributed by atoms with van der Waals surface area (Å²) in [7, 11) is 0. The van der Waals surface area contributed by atoms with Gasteiger partial charge in [-0.05, 0) is 55.4 Å². The van der Waals surface area contributed by atoms with Crippen LogP contribution in [0.2, 0.25) is 0 Å². The molecule has 0 aliphatic carbocycles. The van der Waals surface area contributed by atoms with Gasteiger partial charge in [0.05, 0.1) is 0 Å². The molecule has 1 aliphatic heterocycles. The molecule has 1 aliphatic rings. The van der Waals surface area contributed by atoms with Crippen LogP contribution in [0.1, 0.15) is 61.3 Å². The van der Waals surface area contributed by atoms with Gasteiger partial charge >= 0.3 is 0 Å². The lowest BCUT2D eigenvalue weighted by Crippen LogP contribution is -2.38. The van der Waals surface area contributed by atoms with E-state index in [1.807, 2.05) is 24.0 Å². The Morgan fingerprint density at radius 1 is 1.15 bits per heavy atom. The summed E-state index contributed by atoms with van der Waals surface area (Å²) >= 11 is 0. The Balaban J connectivity index is 1.75. The largest absolute Gasteiger partial charge is 0.337 e. The monoisotopic (exact) mass is 352 g/mol. The molecule has 138 valence electrons. The number of likely N-dealkylation sites (tertiary alicyclic amines) is 1. The van der Waals surface area contributed by atoms with Gasteiger partial charge in [-0.25, -0.2) is 9.97 Å². The molecule has 3 rings (SSSR count). The first kappa shape index (κ1) is 18.4. The first-order chi connectivity index (χ1) is 12.4. The van der Waals surface area contributed by atoms with Crippen molar-refractivity contribution >= 4 is 17.5 Å². The average molecular weight is 352 g/mol. The van der Waals surface area contributed by atoms with Gasteiger partial charge in [-0.2, -0.15) is 0 Å². The Labute approximate surface area is 155 Å². The summed E-state index contributed by atoms with van der Waals surface area (Å²) in [5.74, 6) is 1.66. The van der Waals surface area contributed by atoms with Crippen LogP contribution in [0, 0.1) is 12.8 Å². The van der Waals surface area contributed by atoms with Crippen molar-refractivity contribution in [2.45, 2.75) is 46.5 Å². The molecule has 1 saturated heterocycles. The highest BCUT2D eigenvalue weighted by Gasteiger charge is 2.23. The van der Waals surface area contributed by atoms with Gasteiger partial charge in [0.15, 0.2) is 0 Å². The number of hydrogen-bond donors (Lipinski definition) is 1. The zero-order chi connectivity index (χ0) is 18.7. The van der Waals surface area contributed by atoms with Gasteiger partial charge < -0.3 is 10.2 Å². The lowest BCUT2D eigenvalue weighted by atomic mass is 9.99. The molecular weight excluding hydrogens is 324 g/mol. The molecule has 1 aromatic carbocycles. The third-order valence-electron chi connectivity index (χ3n) is 4.98. The fourth-order valence-corrected chi connectivity index (χ4v) is 3.19. The minimum atomic E-state index is 0.000561. The molecule has 5 heteroatoms. The number of piperidine rings is 1. The van der Waals surface area contributed by atoms with Crippen LogP contribution in [0.25, 0.3) is 0 Å². The van der Waals surface area contributed by atoms with Crippen LogP contribution in [0.15, 0.2) is 30.3 Å². The van der Waals surface area contributed by atoms with Gasteiger partial charge in [-0.1, -0.05) is 32.9 Å². The molecule has 1 N–H and O–H groups in total. The van der Waals surface area contributed by atoms with Crippen LogP contribution in [0.5, 0.6) is 0 Å². The number of aromatic nitrogens is 2. The third kappa shape index (κ3) is 4.40. The summed E-state index contributed by atoms with van der Waals surface area (Å²) in [6.07, 6.45) is 2.12. The van der Waals surface area contributed by atoms with Gasteiger partial charge in [0, 0.05) is 24.5 Å². The fourth-order valence-electron chi connectivity index (χ4n) is 3.19. The average Bonchev–Trinajstić information content (AvgIpc) is 2.61. The molecule has 2 aromatic rings. The van der Waals surface area contributed by atoms with Crippen molar-refractivity contribution in [1.29, 1.82) is 0 Å². The zero-order valence-electron chi connectivity index (χ0n) is 16.1. The second-order valence-electron chi connectivity index (χ2n) is 7.59. The maximum atomic E-state index is 12.8. The van der Waals surface area contributed by atoms with Crippen LogP contribution in [0.3, 0.4) is 0 Å². The molecule has 5 nitrogen and oxygen atoms in total. The quantitative estimate of drug-likeness (QED) is 0.878. The van der Waals surface area contributed by atoms with E-state index in [1.165, 1.54) is 5.56 Å². The number of amides is 1. The van der Waals surface area contributed by atoms with Gasteiger partial charge in [0.2, 0.25) is 5.95 Å². The molecule has 0 unspecified atom stereocenters. The molecule has 26 heavy (non-hydrogen) atoms. The summed E-state index contributed by atoms with van der Waals surface area (Å²) < 4.78 is 0. The van der Waals surface area contributed by atoms with Gasteiger partial charge in [-0.15, -0.1) is 0 Å². The van der Waals surface area contributed by atoms with E-state index in [0.717, 1.165) is 37.3 Å². The summed E-state index contributed by atoms with van der Waals surface area (Å²) in [5.41, 5.74) is 3.46. The van der Waals surface area contributed by atoms with E-state index in [2.05, 4.69) is 48.2 Å². The SMILES string of the molecule is Cc1cc(C(=O)N2CCC(C)CC2)nc(Nc2ccc(C(C)C)cc2)n1. The molecular formula is C21H28N4O. The highest BCUT2D eigenvalue weighted by Crippen LogP contribution is 2.21. The van der Waals surface area contributed by atoms with E-state index >= 15 is 0 Å². The van der Waals surface area contributed by atoms with Crippen molar-refractivity contribution < 1.29 is 4.79 Å². The number of carbonyl (C=O) groups excluding carboxylic acids is 1. The van der Waals surface area contributed by atoms with E-state index in [-0.39, 0.29) is 5.91 Å². The molecule has 1 aromatic heterocycles. The predicted molar refractivity (Wildman–Crippen MR) is 105 cm³/mol. The lowest BCUT2D eigenvalue weighted by Gasteiger charge is -2.30. The lowest BCUT2D eigenvalue weighted by molar-refractivity contribution is 0.0691. The Morgan fingerprint density at radius 2 is 1.81 bits per heavy atom. The first-order valence-electron chi connectivity index (χ1n) is 9.44. The summed E-state index contributed by atoms with van der Waals surface area (Å²) in [5, 5.41) is 3.22. The number of hydrogen-bond acceptors (Lipinski definition) is 4. The van der Waals surface area contributed by atoms with Crippen molar-refractivity contribution in [3.05, 3.63) is 47.3 Å². The molecule has 0 bridgehead atoms. The minimum Gasteiger partial charge on any atom is -0.337 e. The summed E-state index contributed by atoms with van der Waals surface area (Å²) in [4.78, 5) is 23.6. The number of nitrogens with zero attached hydrogens (tertiary/aromatic N) is 3. The Kier molecular flexibility index (Phi) is 5.55. The van der Waals surface area contributed by atoms with Crippen LogP contribution in [-0.2, 0) is 0 Å². The van der Waals surface area contributed by atoms with Gasteiger partial charge in [0.1, 0.15) is 5.69 Å². The van der Waals surface area contributed by atoms with Crippen LogP contribution in [-0.4, -0.2) is 33.9 Å². The van der Waals surface area contributed by atoms with Gasteiger partial charge in [-0.3, -0.25) is 4.79 Å². The van der Waals surface area contributed by atoms with E-state index in [1.54, 1.807) is 6.07 Å². The zero-order valence-corrected chi connectivity index (χ0v) is 16.1. The van der Waals surface area contributed by atoms with Crippen LogP contribution >= 0.6 is 0 Å². The summed E-state index contributed by atoms with van der Waals surface area (Å²) in [6, 6.07) is 10.0. The van der Waals surface area contributed by atoms with Crippen molar-refractivity contribution in [3.8, 4) is 0 Å². The number of carbonyl (C=O) groups is 1. The Hall–Kier alpha value is -2.43. The molecule has 1 fully saturated rings. The number of rotatable bonds is 4. The first-order valence-corrected chi connectivity index (χ1v) is 9.44. The smallest absolute Gasteiger partial charge is 0.272 e.